The third kappa shape index (κ3) is 5.26. The fraction of sp³-hybridized carbons (Fsp3) is 0.419. The van der Waals surface area contributed by atoms with E-state index in [1.807, 2.05) is 6.07 Å². The minimum atomic E-state index is -0.781. The summed E-state index contributed by atoms with van der Waals surface area (Å²) in [6.45, 7) is 4.80. The first-order valence-corrected chi connectivity index (χ1v) is 14.7. The van der Waals surface area contributed by atoms with Gasteiger partial charge in [-0.15, -0.1) is 0 Å². The Hall–Kier alpha value is -4.83. The molecule has 1 N–H and O–H groups in total. The van der Waals surface area contributed by atoms with Crippen molar-refractivity contribution in [3.63, 3.8) is 0 Å². The van der Waals surface area contributed by atoms with Gasteiger partial charge in [0.15, 0.2) is 0 Å². The Balaban J connectivity index is 1.29. The zero-order chi connectivity index (χ0) is 31.1. The predicted molar refractivity (Wildman–Crippen MR) is 161 cm³/mol. The molecule has 228 valence electrons. The maximum atomic E-state index is 15.4. The van der Waals surface area contributed by atoms with Crippen molar-refractivity contribution in [1.29, 1.82) is 5.26 Å². The highest BCUT2D eigenvalue weighted by Gasteiger charge is 2.28. The van der Waals surface area contributed by atoms with E-state index >= 15 is 4.39 Å². The predicted octanol–water partition coefficient (Wildman–Crippen LogP) is 3.51. The van der Waals surface area contributed by atoms with E-state index in [1.165, 1.54) is 26.4 Å². The zero-order valence-corrected chi connectivity index (χ0v) is 24.5. The van der Waals surface area contributed by atoms with Gasteiger partial charge in [0.2, 0.25) is 0 Å². The molecule has 44 heavy (non-hydrogen) atoms. The van der Waals surface area contributed by atoms with E-state index in [2.05, 4.69) is 10.3 Å². The van der Waals surface area contributed by atoms with Gasteiger partial charge in [-0.25, -0.2) is 19.0 Å². The summed E-state index contributed by atoms with van der Waals surface area (Å²) in [6, 6.07) is 7.82. The van der Waals surface area contributed by atoms with Crippen molar-refractivity contribution < 1.29 is 13.9 Å². The lowest BCUT2D eigenvalue weighted by atomic mass is 10.1. The third-order valence-electron chi connectivity index (χ3n) is 8.42. The van der Waals surface area contributed by atoms with Crippen molar-refractivity contribution in [3.05, 3.63) is 79.2 Å². The number of aromatic nitrogens is 4. The average molecular weight is 602 g/mol. The largest absolute Gasteiger partial charge is 0.376 e. The molecule has 0 radical (unpaired) electrons. The van der Waals surface area contributed by atoms with Gasteiger partial charge in [-0.2, -0.15) is 5.26 Å². The number of hydrogen-bond donors (Lipinski definition) is 1. The van der Waals surface area contributed by atoms with Crippen LogP contribution in [0.25, 0.3) is 21.8 Å². The van der Waals surface area contributed by atoms with Crippen molar-refractivity contribution in [2.45, 2.75) is 64.3 Å². The zero-order valence-electron chi connectivity index (χ0n) is 24.5. The Morgan fingerprint density at radius 2 is 1.95 bits per heavy atom. The van der Waals surface area contributed by atoms with Crippen LogP contribution in [0.1, 0.15) is 57.2 Å². The number of rotatable bonds is 5. The molecule has 2 aromatic carbocycles. The highest BCUT2D eigenvalue weighted by molar-refractivity contribution is 5.93. The topological polar surface area (TPSA) is 144 Å². The van der Waals surface area contributed by atoms with Gasteiger partial charge in [0, 0.05) is 31.8 Å². The maximum Gasteiger partial charge on any atom is 0.331 e. The number of amides is 2. The van der Waals surface area contributed by atoms with E-state index in [0.29, 0.717) is 42.5 Å². The smallest absolute Gasteiger partial charge is 0.331 e. The van der Waals surface area contributed by atoms with Gasteiger partial charge in [-0.1, -0.05) is 0 Å². The van der Waals surface area contributed by atoms with Gasteiger partial charge in [0.1, 0.15) is 5.82 Å². The van der Waals surface area contributed by atoms with Crippen LogP contribution in [0.5, 0.6) is 0 Å². The fourth-order valence-corrected chi connectivity index (χ4v) is 6.17. The van der Waals surface area contributed by atoms with E-state index in [0.717, 1.165) is 23.5 Å². The summed E-state index contributed by atoms with van der Waals surface area (Å²) < 4.78 is 25.1. The molecule has 2 saturated heterocycles. The lowest BCUT2D eigenvalue weighted by Gasteiger charge is -2.33. The minimum Gasteiger partial charge on any atom is -0.376 e. The van der Waals surface area contributed by atoms with Crippen LogP contribution >= 0.6 is 0 Å². The number of fused-ring (bicyclic) bond motifs is 2. The third-order valence-corrected chi connectivity index (χ3v) is 8.42. The number of nitriles is 1. The lowest BCUT2D eigenvalue weighted by Crippen LogP contribution is -2.45. The van der Waals surface area contributed by atoms with Gasteiger partial charge in [-0.05, 0) is 63.8 Å². The van der Waals surface area contributed by atoms with E-state index < -0.39 is 23.1 Å². The number of hydrogen-bond acceptors (Lipinski definition) is 7. The normalized spacial score (nSPS) is 18.7. The molecule has 2 aliphatic heterocycles. The molecule has 0 bridgehead atoms. The van der Waals surface area contributed by atoms with Crippen molar-refractivity contribution in [2.75, 3.05) is 25.0 Å². The minimum absolute atomic E-state index is 0.0943. The van der Waals surface area contributed by atoms with Crippen LogP contribution in [0.2, 0.25) is 0 Å². The number of anilines is 1. The number of ether oxygens (including phenoxy) is 1. The molecule has 12 nitrogen and oxygen atoms in total. The van der Waals surface area contributed by atoms with Crippen LogP contribution in [0.15, 0.2) is 51.0 Å². The Morgan fingerprint density at radius 3 is 2.68 bits per heavy atom. The number of piperidine rings is 1. The molecule has 0 saturated carbocycles. The number of nitrogens with one attached hydrogen (secondary N) is 1. The van der Waals surface area contributed by atoms with Crippen molar-refractivity contribution in [2.24, 2.45) is 0 Å². The fourth-order valence-electron chi connectivity index (χ4n) is 6.17. The number of carbonyl (C=O) groups excluding carboxylic acids is 1. The molecule has 4 heterocycles. The molecular formula is C31H32FN7O5. The van der Waals surface area contributed by atoms with Crippen LogP contribution < -0.4 is 22.1 Å². The highest BCUT2D eigenvalue weighted by Crippen LogP contribution is 2.25. The molecule has 0 unspecified atom stereocenters. The van der Waals surface area contributed by atoms with Gasteiger partial charge in [-0.3, -0.25) is 23.3 Å². The highest BCUT2D eigenvalue weighted by atomic mass is 19.1. The summed E-state index contributed by atoms with van der Waals surface area (Å²) in [6.07, 6.45) is 3.98. The molecular weight excluding hydrogens is 569 g/mol. The van der Waals surface area contributed by atoms with Crippen molar-refractivity contribution in [3.8, 4) is 6.07 Å². The van der Waals surface area contributed by atoms with Crippen LogP contribution in [-0.2, 0) is 11.3 Å². The second-order valence-electron chi connectivity index (χ2n) is 11.6. The molecule has 0 spiro atoms. The van der Waals surface area contributed by atoms with E-state index in [4.69, 9.17) is 10.00 Å². The Bertz CT molecular complexity index is 2000. The van der Waals surface area contributed by atoms with E-state index in [1.54, 1.807) is 32.0 Å². The molecule has 2 atom stereocenters. The molecule has 2 aliphatic rings. The number of benzene rings is 2. The van der Waals surface area contributed by atoms with E-state index in [9.17, 15) is 19.2 Å². The summed E-state index contributed by atoms with van der Waals surface area (Å²) in [4.78, 5) is 59.3. The van der Waals surface area contributed by atoms with Gasteiger partial charge in [0.25, 0.3) is 11.1 Å². The molecule has 2 amide bonds. The number of likely N-dealkylation sites (tertiary alicyclic amines) is 1. The van der Waals surface area contributed by atoms with Gasteiger partial charge >= 0.3 is 11.7 Å². The number of halogens is 1. The van der Waals surface area contributed by atoms with Gasteiger partial charge < -0.3 is 15.0 Å². The Morgan fingerprint density at radius 1 is 1.14 bits per heavy atom. The first-order valence-electron chi connectivity index (χ1n) is 14.7. The maximum absolute atomic E-state index is 15.4. The first kappa shape index (κ1) is 29.3. The molecule has 13 heteroatoms. The summed E-state index contributed by atoms with van der Waals surface area (Å²) in [5.41, 5.74) is -0.598. The second kappa shape index (κ2) is 11.7. The Labute approximate surface area is 250 Å². The summed E-state index contributed by atoms with van der Waals surface area (Å²) >= 11 is 0. The molecule has 6 rings (SSSR count). The molecule has 0 aliphatic carbocycles. The van der Waals surface area contributed by atoms with Crippen LogP contribution in [-0.4, -0.2) is 55.4 Å². The standard InChI is InChI=1S/C31H32FN7O5/c1-18(2)39-27-13-24(32)26(12-23(27)29(41)37(31(39)43)16-21-6-4-10-44-21)35-30(42)36-9-3-5-20(15-36)38-17-34-25-11-19(14-33)7-8-22(25)28(38)40/h7-8,11-13,17-18,20-21H,3-6,9-10,15-16H2,1-2H3,(H,35,42)/t20-,21-/m1/s1. The van der Waals surface area contributed by atoms with Crippen LogP contribution in [0.4, 0.5) is 14.9 Å². The number of carbonyl (C=O) groups is 1. The van der Waals surface area contributed by atoms with Crippen molar-refractivity contribution in [1.82, 2.24) is 23.6 Å². The molecule has 2 fully saturated rings. The Kier molecular flexibility index (Phi) is 7.77. The quantitative estimate of drug-likeness (QED) is 0.369. The average Bonchev–Trinajstić information content (AvgIpc) is 3.53. The first-order chi connectivity index (χ1) is 21.2. The van der Waals surface area contributed by atoms with E-state index in [-0.39, 0.29) is 53.4 Å². The summed E-state index contributed by atoms with van der Waals surface area (Å²) in [7, 11) is 0. The second-order valence-corrected chi connectivity index (χ2v) is 11.6. The number of nitrogens with zero attached hydrogens (tertiary/aromatic N) is 6. The molecule has 2 aromatic heterocycles. The molecule has 4 aromatic rings. The monoisotopic (exact) mass is 601 g/mol. The van der Waals surface area contributed by atoms with Crippen LogP contribution in [0.3, 0.4) is 0 Å². The van der Waals surface area contributed by atoms with Gasteiger partial charge in [0.05, 0.1) is 64.1 Å². The summed E-state index contributed by atoms with van der Waals surface area (Å²) in [5.74, 6) is -0.781. The lowest BCUT2D eigenvalue weighted by molar-refractivity contribution is 0.0947. The van der Waals surface area contributed by atoms with Crippen molar-refractivity contribution >= 4 is 33.5 Å². The number of urea groups is 1. The summed E-state index contributed by atoms with van der Waals surface area (Å²) in [5, 5.41) is 12.2. The SMILES string of the molecule is CC(C)n1c(=O)n(C[C@H]2CCCO2)c(=O)c2cc(NC(=O)N3CCC[C@@H](n4cnc5cc(C#N)ccc5c4=O)C3)c(F)cc21. The van der Waals surface area contributed by atoms with Crippen LogP contribution in [0, 0.1) is 17.1 Å².